The molecule has 0 aliphatic rings. The number of amides is 3. The zero-order valence-electron chi connectivity index (χ0n) is 22.2. The Morgan fingerprint density at radius 3 is 2.23 bits per heavy atom. The van der Waals surface area contributed by atoms with Crippen LogP contribution in [-0.4, -0.2) is 37.1 Å². The summed E-state index contributed by atoms with van der Waals surface area (Å²) in [5.41, 5.74) is 2.59. The van der Waals surface area contributed by atoms with E-state index in [0.717, 1.165) is 21.9 Å². The molecule has 0 spiro atoms. The van der Waals surface area contributed by atoms with Crippen LogP contribution in [0.15, 0.2) is 97.1 Å². The molecule has 0 aliphatic heterocycles. The van der Waals surface area contributed by atoms with Gasteiger partial charge in [0.05, 0.1) is 0 Å². The van der Waals surface area contributed by atoms with E-state index < -0.39 is 29.9 Å². The van der Waals surface area contributed by atoms with Gasteiger partial charge in [0.25, 0.3) is 5.91 Å². The van der Waals surface area contributed by atoms with Gasteiger partial charge in [-0.05, 0) is 46.0 Å². The van der Waals surface area contributed by atoms with Crippen molar-refractivity contribution in [3.63, 3.8) is 0 Å². The number of hydrogen-bond acceptors (Lipinski definition) is 4. The molecule has 3 amide bonds. The Balaban J connectivity index is 1.42. The van der Waals surface area contributed by atoms with Gasteiger partial charge in [-0.15, -0.1) is 0 Å². The van der Waals surface area contributed by atoms with Crippen LogP contribution in [0.2, 0.25) is 0 Å². The normalized spacial score (nSPS) is 12.3. The third kappa shape index (κ3) is 7.97. The van der Waals surface area contributed by atoms with Crippen molar-refractivity contribution in [1.29, 1.82) is 0 Å². The second-order valence-corrected chi connectivity index (χ2v) is 9.42. The van der Waals surface area contributed by atoms with Gasteiger partial charge in [0.2, 0.25) is 18.0 Å². The first kappa shape index (κ1) is 28.4. The number of halogens is 1. The van der Waals surface area contributed by atoms with Crippen LogP contribution in [-0.2, 0) is 38.5 Å². The van der Waals surface area contributed by atoms with Crippen LogP contribution in [0.1, 0.15) is 23.1 Å². The highest BCUT2D eigenvalue weighted by Gasteiger charge is 2.27. The molecular weight excluding hydrogens is 509 g/mol. The molecule has 0 heterocycles. The van der Waals surface area contributed by atoms with Crippen LogP contribution in [0.3, 0.4) is 0 Å². The second kappa shape index (κ2) is 14.0. The van der Waals surface area contributed by atoms with Crippen molar-refractivity contribution >= 4 is 28.5 Å². The lowest BCUT2D eigenvalue weighted by molar-refractivity contribution is -0.141. The van der Waals surface area contributed by atoms with Crippen molar-refractivity contribution < 1.29 is 23.5 Å². The van der Waals surface area contributed by atoms with Gasteiger partial charge in [-0.25, -0.2) is 4.39 Å². The molecule has 0 radical (unpaired) electrons. The lowest BCUT2D eigenvalue weighted by Gasteiger charge is -2.23. The number of carbonyl (C=O) groups excluding carboxylic acids is 3. The average molecular weight is 542 g/mol. The average Bonchev–Trinajstić information content (AvgIpc) is 2.98. The first-order chi connectivity index (χ1) is 19.4. The summed E-state index contributed by atoms with van der Waals surface area (Å²) in [5, 5.41) is 10.3. The SMILES string of the molecule is COC(NC(=O)CCc1ccccc1)C(=O)NC(Cc1ccc(F)cc1)C(=O)NCc1cccc2ccccc12. The van der Waals surface area contributed by atoms with Crippen LogP contribution in [0, 0.1) is 5.82 Å². The zero-order valence-corrected chi connectivity index (χ0v) is 22.2. The summed E-state index contributed by atoms with van der Waals surface area (Å²) >= 11 is 0. The van der Waals surface area contributed by atoms with Crippen LogP contribution in [0.25, 0.3) is 10.8 Å². The molecule has 4 aromatic rings. The Morgan fingerprint density at radius 1 is 0.775 bits per heavy atom. The molecule has 2 unspecified atom stereocenters. The van der Waals surface area contributed by atoms with Crippen LogP contribution >= 0.6 is 0 Å². The van der Waals surface area contributed by atoms with Gasteiger partial charge < -0.3 is 20.7 Å². The van der Waals surface area contributed by atoms with E-state index in [1.807, 2.05) is 72.8 Å². The summed E-state index contributed by atoms with van der Waals surface area (Å²) in [7, 11) is 1.30. The van der Waals surface area contributed by atoms with E-state index in [-0.39, 0.29) is 25.3 Å². The third-order valence-corrected chi connectivity index (χ3v) is 6.57. The summed E-state index contributed by atoms with van der Waals surface area (Å²) in [5.74, 6) is -1.84. The van der Waals surface area contributed by atoms with E-state index in [1.165, 1.54) is 19.2 Å². The number of aryl methyl sites for hydroxylation is 1. The van der Waals surface area contributed by atoms with E-state index in [4.69, 9.17) is 4.74 Å². The predicted octanol–water partition coefficient (Wildman–Crippen LogP) is 4.04. The molecule has 0 fully saturated rings. The van der Waals surface area contributed by atoms with E-state index in [0.29, 0.717) is 12.0 Å². The summed E-state index contributed by atoms with van der Waals surface area (Å²) in [6.07, 6.45) is -0.494. The molecule has 3 N–H and O–H groups in total. The van der Waals surface area contributed by atoms with Gasteiger partial charge in [-0.2, -0.15) is 0 Å². The number of hydrogen-bond donors (Lipinski definition) is 3. The van der Waals surface area contributed by atoms with Crippen molar-refractivity contribution in [2.24, 2.45) is 0 Å². The van der Waals surface area contributed by atoms with E-state index in [2.05, 4.69) is 16.0 Å². The predicted molar refractivity (Wildman–Crippen MR) is 152 cm³/mol. The number of rotatable bonds is 12. The van der Waals surface area contributed by atoms with Crippen LogP contribution in [0.5, 0.6) is 0 Å². The maximum absolute atomic E-state index is 13.5. The number of nitrogens with one attached hydrogen (secondary N) is 3. The van der Waals surface area contributed by atoms with Crippen molar-refractivity contribution in [2.75, 3.05) is 7.11 Å². The fraction of sp³-hybridized carbons (Fsp3) is 0.219. The Kier molecular flexibility index (Phi) is 9.96. The molecule has 0 aliphatic carbocycles. The maximum atomic E-state index is 13.5. The second-order valence-electron chi connectivity index (χ2n) is 9.42. The van der Waals surface area contributed by atoms with Gasteiger partial charge in [0.1, 0.15) is 11.9 Å². The summed E-state index contributed by atoms with van der Waals surface area (Å²) < 4.78 is 18.7. The minimum atomic E-state index is -1.29. The molecule has 2 atom stereocenters. The molecule has 8 heteroatoms. The molecule has 0 saturated carbocycles. The van der Waals surface area contributed by atoms with Crippen LogP contribution in [0.4, 0.5) is 4.39 Å². The van der Waals surface area contributed by atoms with Gasteiger partial charge in [0, 0.05) is 26.5 Å². The van der Waals surface area contributed by atoms with E-state index in [1.54, 1.807) is 12.1 Å². The minimum absolute atomic E-state index is 0.117. The number of benzene rings is 4. The standard InChI is InChI=1S/C32H32FN3O4/c1-40-32(36-29(37)19-16-22-8-3-2-4-9-22)31(39)35-28(20-23-14-17-26(33)18-15-23)30(38)34-21-25-12-7-11-24-10-5-6-13-27(24)25/h2-15,17-18,28,32H,16,19-21H2,1H3,(H,34,38)(H,35,39)(H,36,37). The van der Waals surface area contributed by atoms with Gasteiger partial charge in [-0.1, -0.05) is 84.9 Å². The van der Waals surface area contributed by atoms with Gasteiger partial charge in [-0.3, -0.25) is 14.4 Å². The highest BCUT2D eigenvalue weighted by atomic mass is 19.1. The summed E-state index contributed by atoms with van der Waals surface area (Å²) in [4.78, 5) is 38.9. The summed E-state index contributed by atoms with van der Waals surface area (Å²) in [6.45, 7) is 0.250. The number of methoxy groups -OCH3 is 1. The fourth-order valence-electron chi connectivity index (χ4n) is 4.42. The zero-order chi connectivity index (χ0) is 28.3. The van der Waals surface area contributed by atoms with Crippen LogP contribution < -0.4 is 16.0 Å². The smallest absolute Gasteiger partial charge is 0.270 e. The number of ether oxygens (including phenoxy) is 1. The third-order valence-electron chi connectivity index (χ3n) is 6.57. The van der Waals surface area contributed by atoms with Crippen molar-refractivity contribution in [2.45, 2.75) is 38.1 Å². The molecule has 206 valence electrons. The van der Waals surface area contributed by atoms with Gasteiger partial charge in [0.15, 0.2) is 0 Å². The monoisotopic (exact) mass is 541 g/mol. The fourth-order valence-corrected chi connectivity index (χ4v) is 4.42. The van der Waals surface area contributed by atoms with E-state index >= 15 is 0 Å². The first-order valence-corrected chi connectivity index (χ1v) is 13.1. The highest BCUT2D eigenvalue weighted by molar-refractivity contribution is 5.92. The Hall–Kier alpha value is -4.56. The quantitative estimate of drug-likeness (QED) is 0.236. The summed E-state index contributed by atoms with van der Waals surface area (Å²) in [6, 6.07) is 28.0. The number of carbonyl (C=O) groups is 3. The Bertz CT molecular complexity index is 1440. The molecule has 7 nitrogen and oxygen atoms in total. The van der Waals surface area contributed by atoms with Crippen molar-refractivity contribution in [3.8, 4) is 0 Å². The lowest BCUT2D eigenvalue weighted by Crippen LogP contribution is -2.55. The van der Waals surface area contributed by atoms with Crippen molar-refractivity contribution in [1.82, 2.24) is 16.0 Å². The van der Waals surface area contributed by atoms with Gasteiger partial charge >= 0.3 is 0 Å². The molecular formula is C32H32FN3O4. The molecule has 0 aromatic heterocycles. The largest absolute Gasteiger partial charge is 0.353 e. The molecule has 40 heavy (non-hydrogen) atoms. The molecule has 0 saturated heterocycles. The molecule has 0 bridgehead atoms. The first-order valence-electron chi connectivity index (χ1n) is 13.1. The number of fused-ring (bicyclic) bond motifs is 1. The van der Waals surface area contributed by atoms with Crippen molar-refractivity contribution in [3.05, 3.63) is 120 Å². The Morgan fingerprint density at radius 2 is 1.48 bits per heavy atom. The Labute approximate surface area is 232 Å². The maximum Gasteiger partial charge on any atom is 0.270 e. The lowest BCUT2D eigenvalue weighted by atomic mass is 10.0. The van der Waals surface area contributed by atoms with E-state index in [9.17, 15) is 18.8 Å². The highest BCUT2D eigenvalue weighted by Crippen LogP contribution is 2.18. The molecule has 4 aromatic carbocycles. The molecule has 4 rings (SSSR count). The topological polar surface area (TPSA) is 96.5 Å². The minimum Gasteiger partial charge on any atom is -0.353 e.